The van der Waals surface area contributed by atoms with E-state index in [4.69, 9.17) is 32.7 Å². The summed E-state index contributed by atoms with van der Waals surface area (Å²) in [5.74, 6) is 1.05. The fourth-order valence-electron chi connectivity index (χ4n) is 3.72. The van der Waals surface area contributed by atoms with E-state index in [1.165, 1.54) is 5.57 Å². The first-order chi connectivity index (χ1) is 14.4. The van der Waals surface area contributed by atoms with Crippen LogP contribution < -0.4 is 4.74 Å². The number of benzene rings is 2. The molecule has 0 heterocycles. The summed E-state index contributed by atoms with van der Waals surface area (Å²) in [4.78, 5) is 11.0. The van der Waals surface area contributed by atoms with Crippen LogP contribution in [-0.2, 0) is 4.74 Å². The van der Waals surface area contributed by atoms with Gasteiger partial charge >= 0.3 is 0 Å². The third-order valence-electron chi connectivity index (χ3n) is 5.62. The SMILES string of the molecule is CC1(C)C(c2ccccc2)=CC=CC1(COc1ccc(C=O)cc1Cl)OCCCCl. The lowest BCUT2D eigenvalue weighted by Gasteiger charge is -2.47. The van der Waals surface area contributed by atoms with E-state index in [1.807, 2.05) is 24.3 Å². The number of rotatable bonds is 9. The standard InChI is InChI=1S/C25H26Cl2O3/c1-24(2)21(20-8-4-3-5-9-20)10-6-13-25(24,30-15-7-14-26)18-29-23-12-11-19(17-28)16-22(23)27/h3-6,8-13,16-17H,7,14-15,18H2,1-2H3. The van der Waals surface area contributed by atoms with E-state index >= 15 is 0 Å². The predicted octanol–water partition coefficient (Wildman–Crippen LogP) is 6.60. The number of carbonyl (C=O) groups is 1. The first-order valence-corrected chi connectivity index (χ1v) is 10.9. The Bertz CT molecular complexity index is 935. The van der Waals surface area contributed by atoms with Crippen LogP contribution in [-0.4, -0.2) is 31.0 Å². The Hall–Kier alpha value is -2.07. The molecule has 30 heavy (non-hydrogen) atoms. The third kappa shape index (κ3) is 4.64. The van der Waals surface area contributed by atoms with Crippen LogP contribution in [0.5, 0.6) is 5.75 Å². The van der Waals surface area contributed by atoms with Crippen molar-refractivity contribution in [1.82, 2.24) is 0 Å². The zero-order valence-electron chi connectivity index (χ0n) is 17.2. The molecule has 0 bridgehead atoms. The van der Waals surface area contributed by atoms with E-state index in [2.05, 4.69) is 38.1 Å². The number of alkyl halides is 1. The van der Waals surface area contributed by atoms with E-state index in [-0.39, 0.29) is 12.0 Å². The summed E-state index contributed by atoms with van der Waals surface area (Å²) < 4.78 is 12.6. The van der Waals surface area contributed by atoms with Crippen molar-refractivity contribution >= 4 is 35.1 Å². The van der Waals surface area contributed by atoms with Crippen molar-refractivity contribution in [3.05, 3.63) is 82.9 Å². The number of hydrogen-bond donors (Lipinski definition) is 0. The van der Waals surface area contributed by atoms with Crippen molar-refractivity contribution in [2.75, 3.05) is 19.1 Å². The zero-order valence-corrected chi connectivity index (χ0v) is 18.7. The Balaban J connectivity index is 1.92. The fraction of sp³-hybridized carbons (Fsp3) is 0.320. The molecular weight excluding hydrogens is 419 g/mol. The molecule has 1 atom stereocenters. The molecule has 0 radical (unpaired) electrons. The second-order valence-corrected chi connectivity index (χ2v) is 8.59. The number of ether oxygens (including phenoxy) is 2. The predicted molar refractivity (Wildman–Crippen MR) is 124 cm³/mol. The zero-order chi connectivity index (χ0) is 21.6. The third-order valence-corrected chi connectivity index (χ3v) is 6.18. The maximum absolute atomic E-state index is 11.0. The summed E-state index contributed by atoms with van der Waals surface area (Å²) in [6.07, 6.45) is 7.71. The lowest BCUT2D eigenvalue weighted by atomic mass is 9.65. The minimum absolute atomic E-state index is 0.267. The van der Waals surface area contributed by atoms with Crippen LogP contribution in [0.2, 0.25) is 5.02 Å². The summed E-state index contributed by atoms with van der Waals surface area (Å²) >= 11 is 12.2. The summed E-state index contributed by atoms with van der Waals surface area (Å²) in [6.45, 7) is 5.11. The smallest absolute Gasteiger partial charge is 0.150 e. The van der Waals surface area contributed by atoms with Gasteiger partial charge in [0.25, 0.3) is 0 Å². The van der Waals surface area contributed by atoms with Gasteiger partial charge in [-0.2, -0.15) is 0 Å². The highest BCUT2D eigenvalue weighted by atomic mass is 35.5. The fourth-order valence-corrected chi connectivity index (χ4v) is 4.07. The molecule has 0 amide bonds. The Kier molecular flexibility index (Phi) is 7.41. The normalized spacial score (nSPS) is 19.9. The van der Waals surface area contributed by atoms with Gasteiger partial charge in [-0.05, 0) is 41.8 Å². The first-order valence-electron chi connectivity index (χ1n) is 9.96. The number of halogens is 2. The molecule has 0 aliphatic heterocycles. The van der Waals surface area contributed by atoms with Crippen LogP contribution in [0.3, 0.4) is 0 Å². The van der Waals surface area contributed by atoms with Crippen molar-refractivity contribution in [3.63, 3.8) is 0 Å². The van der Waals surface area contributed by atoms with Crippen LogP contribution in [0, 0.1) is 5.41 Å². The topological polar surface area (TPSA) is 35.5 Å². The van der Waals surface area contributed by atoms with Gasteiger partial charge in [0.15, 0.2) is 0 Å². The minimum atomic E-state index is -0.717. The van der Waals surface area contributed by atoms with Crippen molar-refractivity contribution in [2.24, 2.45) is 5.41 Å². The molecule has 0 saturated carbocycles. The lowest BCUT2D eigenvalue weighted by molar-refractivity contribution is -0.0906. The van der Waals surface area contributed by atoms with Gasteiger partial charge in [0, 0.05) is 23.5 Å². The van der Waals surface area contributed by atoms with E-state index < -0.39 is 5.60 Å². The molecule has 3 nitrogen and oxygen atoms in total. The molecular formula is C25H26Cl2O3. The van der Waals surface area contributed by atoms with Crippen molar-refractivity contribution in [3.8, 4) is 5.75 Å². The second kappa shape index (κ2) is 9.82. The lowest BCUT2D eigenvalue weighted by Crippen LogP contribution is -2.52. The Morgan fingerprint density at radius 2 is 1.87 bits per heavy atom. The molecule has 5 heteroatoms. The monoisotopic (exact) mass is 444 g/mol. The van der Waals surface area contributed by atoms with Crippen LogP contribution in [0.25, 0.3) is 5.57 Å². The molecule has 1 unspecified atom stereocenters. The minimum Gasteiger partial charge on any atom is -0.489 e. The largest absolute Gasteiger partial charge is 0.489 e. The molecule has 1 aliphatic carbocycles. The first kappa shape index (κ1) is 22.6. The van der Waals surface area contributed by atoms with Gasteiger partial charge in [-0.3, -0.25) is 4.79 Å². The molecule has 2 aromatic carbocycles. The highest BCUT2D eigenvalue weighted by molar-refractivity contribution is 6.32. The van der Waals surface area contributed by atoms with E-state index in [0.717, 1.165) is 18.3 Å². The van der Waals surface area contributed by atoms with Gasteiger partial charge in [0.2, 0.25) is 0 Å². The highest BCUT2D eigenvalue weighted by Gasteiger charge is 2.49. The van der Waals surface area contributed by atoms with Crippen LogP contribution in [0.4, 0.5) is 0 Å². The van der Waals surface area contributed by atoms with Gasteiger partial charge < -0.3 is 9.47 Å². The van der Waals surface area contributed by atoms with Gasteiger partial charge in [-0.1, -0.05) is 67.9 Å². The van der Waals surface area contributed by atoms with E-state index in [9.17, 15) is 4.79 Å². The number of hydrogen-bond acceptors (Lipinski definition) is 3. The molecule has 158 valence electrons. The quantitative estimate of drug-likeness (QED) is 0.248. The molecule has 0 aromatic heterocycles. The summed E-state index contributed by atoms with van der Waals surface area (Å²) in [5.41, 5.74) is 1.72. The van der Waals surface area contributed by atoms with Crippen molar-refractivity contribution < 1.29 is 14.3 Å². The molecule has 2 aromatic rings. The average molecular weight is 445 g/mol. The van der Waals surface area contributed by atoms with Crippen LogP contribution in [0.15, 0.2) is 66.8 Å². The molecule has 0 spiro atoms. The molecule has 3 rings (SSSR count). The highest BCUT2D eigenvalue weighted by Crippen LogP contribution is 2.49. The summed E-state index contributed by atoms with van der Waals surface area (Å²) in [6, 6.07) is 15.3. The molecule has 0 fully saturated rings. The van der Waals surface area contributed by atoms with Gasteiger partial charge in [-0.25, -0.2) is 0 Å². The van der Waals surface area contributed by atoms with Gasteiger partial charge in [0.1, 0.15) is 24.2 Å². The number of aldehydes is 1. The van der Waals surface area contributed by atoms with Gasteiger partial charge in [0.05, 0.1) is 5.02 Å². The summed E-state index contributed by atoms with van der Waals surface area (Å²) in [5, 5.41) is 0.395. The van der Waals surface area contributed by atoms with E-state index in [1.54, 1.807) is 18.2 Å². The summed E-state index contributed by atoms with van der Waals surface area (Å²) in [7, 11) is 0. The van der Waals surface area contributed by atoms with Crippen LogP contribution in [0.1, 0.15) is 36.2 Å². The molecule has 0 saturated heterocycles. The Morgan fingerprint density at radius 3 is 2.53 bits per heavy atom. The maximum atomic E-state index is 11.0. The van der Waals surface area contributed by atoms with E-state index in [0.29, 0.717) is 28.8 Å². The molecule has 1 aliphatic rings. The van der Waals surface area contributed by atoms with Crippen molar-refractivity contribution in [2.45, 2.75) is 25.9 Å². The number of carbonyl (C=O) groups excluding carboxylic acids is 1. The Morgan fingerprint density at radius 1 is 1.10 bits per heavy atom. The maximum Gasteiger partial charge on any atom is 0.150 e. The van der Waals surface area contributed by atoms with Crippen molar-refractivity contribution in [1.29, 1.82) is 0 Å². The van der Waals surface area contributed by atoms with Gasteiger partial charge in [-0.15, -0.1) is 11.6 Å². The second-order valence-electron chi connectivity index (χ2n) is 7.81. The Labute approximate surface area is 188 Å². The average Bonchev–Trinajstić information content (AvgIpc) is 2.75. The molecule has 0 N–H and O–H groups in total. The number of allylic oxidation sites excluding steroid dienone is 2. The van der Waals surface area contributed by atoms with Crippen LogP contribution >= 0.6 is 23.2 Å².